The number of nitrogens with zero attached hydrogens (tertiary/aromatic N) is 4. The van der Waals surface area contributed by atoms with Crippen LogP contribution in [-0.4, -0.2) is 39.7 Å². The molecule has 1 amide bonds. The van der Waals surface area contributed by atoms with Crippen LogP contribution < -0.4 is 10.2 Å². The molecule has 0 spiro atoms. The fourth-order valence-corrected chi connectivity index (χ4v) is 3.93. The molecule has 1 heterocycles. The first-order valence-electron chi connectivity index (χ1n) is 8.99. The number of carbonyl (C=O) groups excluding carboxylic acids is 1. The van der Waals surface area contributed by atoms with E-state index < -0.39 is 0 Å². The molecule has 7 nitrogen and oxygen atoms in total. The molecule has 2 aromatic carbocycles. The minimum atomic E-state index is -0.246. The summed E-state index contributed by atoms with van der Waals surface area (Å²) in [5, 5.41) is 13.8. The van der Waals surface area contributed by atoms with E-state index in [4.69, 9.17) is 16.3 Å². The second kappa shape index (κ2) is 10.6. The molecule has 156 valence electrons. The van der Waals surface area contributed by atoms with Gasteiger partial charge in [0.1, 0.15) is 5.75 Å². The van der Waals surface area contributed by atoms with Gasteiger partial charge in [-0.15, -0.1) is 10.2 Å². The SMILES string of the molecule is CCn1c(SCC(=O)NN=Cc2cc(Br)ccc2OC)nnc1-c1ccc(Cl)cc1. The lowest BCUT2D eigenvalue weighted by Gasteiger charge is -2.07. The predicted molar refractivity (Wildman–Crippen MR) is 123 cm³/mol. The Balaban J connectivity index is 1.61. The first-order chi connectivity index (χ1) is 14.5. The highest BCUT2D eigenvalue weighted by Crippen LogP contribution is 2.25. The van der Waals surface area contributed by atoms with Crippen LogP contribution in [0.25, 0.3) is 11.4 Å². The number of hydrogen-bond acceptors (Lipinski definition) is 6. The number of carbonyl (C=O) groups is 1. The Bertz CT molecular complexity index is 1060. The van der Waals surface area contributed by atoms with Gasteiger partial charge in [-0.3, -0.25) is 4.79 Å². The molecule has 0 aliphatic carbocycles. The Kier molecular flexibility index (Phi) is 7.89. The van der Waals surface area contributed by atoms with Crippen molar-refractivity contribution in [3.8, 4) is 17.1 Å². The van der Waals surface area contributed by atoms with Gasteiger partial charge in [0.15, 0.2) is 11.0 Å². The van der Waals surface area contributed by atoms with Crippen LogP contribution in [0.4, 0.5) is 0 Å². The summed E-state index contributed by atoms with van der Waals surface area (Å²) in [7, 11) is 1.58. The molecule has 0 fully saturated rings. The number of rotatable bonds is 8. The minimum absolute atomic E-state index is 0.158. The lowest BCUT2D eigenvalue weighted by Crippen LogP contribution is -2.20. The van der Waals surface area contributed by atoms with Crippen molar-refractivity contribution in [3.63, 3.8) is 0 Å². The zero-order chi connectivity index (χ0) is 21.5. The summed E-state index contributed by atoms with van der Waals surface area (Å²) in [4.78, 5) is 12.2. The molecule has 30 heavy (non-hydrogen) atoms. The van der Waals surface area contributed by atoms with Crippen molar-refractivity contribution < 1.29 is 9.53 Å². The van der Waals surface area contributed by atoms with Crippen molar-refractivity contribution in [3.05, 3.63) is 57.5 Å². The Morgan fingerprint density at radius 1 is 1.30 bits per heavy atom. The molecule has 3 rings (SSSR count). The van der Waals surface area contributed by atoms with Crippen molar-refractivity contribution in [2.45, 2.75) is 18.6 Å². The van der Waals surface area contributed by atoms with Crippen molar-refractivity contribution >= 4 is 51.4 Å². The van der Waals surface area contributed by atoms with Gasteiger partial charge in [0.05, 0.1) is 19.1 Å². The van der Waals surface area contributed by atoms with E-state index >= 15 is 0 Å². The highest BCUT2D eigenvalue weighted by Gasteiger charge is 2.14. The number of hydrazone groups is 1. The van der Waals surface area contributed by atoms with Crippen LogP contribution in [-0.2, 0) is 11.3 Å². The summed E-state index contributed by atoms with van der Waals surface area (Å²) >= 11 is 10.7. The molecule has 0 radical (unpaired) electrons. The number of thioether (sulfide) groups is 1. The zero-order valence-corrected chi connectivity index (χ0v) is 19.5. The predicted octanol–water partition coefficient (Wildman–Crippen LogP) is 4.63. The molecule has 0 saturated heterocycles. The third-order valence-electron chi connectivity index (χ3n) is 4.05. The number of aromatic nitrogens is 3. The maximum atomic E-state index is 12.2. The molecule has 3 aromatic rings. The maximum absolute atomic E-state index is 12.2. The van der Waals surface area contributed by atoms with Crippen LogP contribution in [0.2, 0.25) is 5.02 Å². The van der Waals surface area contributed by atoms with Crippen molar-refractivity contribution in [2.24, 2.45) is 5.10 Å². The number of benzene rings is 2. The van der Waals surface area contributed by atoms with E-state index in [1.54, 1.807) is 13.3 Å². The molecule has 1 N–H and O–H groups in total. The number of nitrogens with one attached hydrogen (secondary N) is 1. The van der Waals surface area contributed by atoms with E-state index in [-0.39, 0.29) is 11.7 Å². The molecule has 0 unspecified atom stereocenters. The Morgan fingerprint density at radius 2 is 2.07 bits per heavy atom. The standard InChI is InChI=1S/C20H19BrClN5O2S/c1-3-27-19(13-4-7-16(22)8-5-13)25-26-20(27)30-12-18(28)24-23-11-14-10-15(21)6-9-17(14)29-2/h4-11H,3,12H2,1-2H3,(H,24,28). The van der Waals surface area contributed by atoms with Crippen molar-refractivity contribution in [2.75, 3.05) is 12.9 Å². The summed E-state index contributed by atoms with van der Waals surface area (Å²) < 4.78 is 8.13. The lowest BCUT2D eigenvalue weighted by atomic mass is 10.2. The van der Waals surface area contributed by atoms with E-state index in [2.05, 4.69) is 36.7 Å². The summed E-state index contributed by atoms with van der Waals surface area (Å²) in [5.74, 6) is 1.31. The van der Waals surface area contributed by atoms with Gasteiger partial charge >= 0.3 is 0 Å². The molecular formula is C20H19BrClN5O2S. The van der Waals surface area contributed by atoms with E-state index in [1.807, 2.05) is 54.0 Å². The quantitative estimate of drug-likeness (QED) is 0.272. The average molecular weight is 509 g/mol. The Hall–Kier alpha value is -2.36. The van der Waals surface area contributed by atoms with Crippen LogP contribution in [0.5, 0.6) is 5.75 Å². The van der Waals surface area contributed by atoms with Crippen LogP contribution in [0.1, 0.15) is 12.5 Å². The highest BCUT2D eigenvalue weighted by molar-refractivity contribution is 9.10. The van der Waals surface area contributed by atoms with Gasteiger partial charge in [0.2, 0.25) is 0 Å². The van der Waals surface area contributed by atoms with Crippen LogP contribution in [0.3, 0.4) is 0 Å². The number of halogens is 2. The molecule has 1 aromatic heterocycles. The molecule has 0 bridgehead atoms. The zero-order valence-electron chi connectivity index (χ0n) is 16.3. The summed E-state index contributed by atoms with van der Waals surface area (Å²) in [5.41, 5.74) is 4.18. The van der Waals surface area contributed by atoms with Crippen LogP contribution in [0, 0.1) is 0 Å². The summed E-state index contributed by atoms with van der Waals surface area (Å²) in [6, 6.07) is 12.9. The minimum Gasteiger partial charge on any atom is -0.496 e. The van der Waals surface area contributed by atoms with Crippen molar-refractivity contribution in [1.29, 1.82) is 0 Å². The fourth-order valence-electron chi connectivity index (χ4n) is 2.64. The Labute approximate surface area is 192 Å². The molecule has 0 aliphatic rings. The Morgan fingerprint density at radius 3 is 2.77 bits per heavy atom. The molecule has 0 saturated carbocycles. The van der Waals surface area contributed by atoms with Crippen molar-refractivity contribution in [1.82, 2.24) is 20.2 Å². The largest absolute Gasteiger partial charge is 0.496 e. The number of ether oxygens (including phenoxy) is 1. The van der Waals surface area contributed by atoms with Gasteiger partial charge in [0, 0.05) is 27.2 Å². The normalized spacial score (nSPS) is 11.1. The number of hydrogen-bond donors (Lipinski definition) is 1. The third kappa shape index (κ3) is 5.62. The third-order valence-corrected chi connectivity index (χ3v) is 5.76. The second-order valence-corrected chi connectivity index (χ2v) is 8.32. The first-order valence-corrected chi connectivity index (χ1v) is 11.1. The highest BCUT2D eigenvalue weighted by atomic mass is 79.9. The lowest BCUT2D eigenvalue weighted by molar-refractivity contribution is -0.118. The molecule has 10 heteroatoms. The smallest absolute Gasteiger partial charge is 0.250 e. The number of methoxy groups -OCH3 is 1. The van der Waals surface area contributed by atoms with E-state index in [9.17, 15) is 4.79 Å². The topological polar surface area (TPSA) is 81.4 Å². The van der Waals surface area contributed by atoms with E-state index in [0.717, 1.165) is 21.4 Å². The average Bonchev–Trinajstić information content (AvgIpc) is 3.16. The molecular weight excluding hydrogens is 490 g/mol. The fraction of sp³-hybridized carbons (Fsp3) is 0.200. The van der Waals surface area contributed by atoms with Gasteiger partial charge in [0.25, 0.3) is 5.91 Å². The van der Waals surface area contributed by atoms with E-state index in [1.165, 1.54) is 11.8 Å². The van der Waals surface area contributed by atoms with Gasteiger partial charge < -0.3 is 9.30 Å². The number of amides is 1. The monoisotopic (exact) mass is 507 g/mol. The summed E-state index contributed by atoms with van der Waals surface area (Å²) in [6.07, 6.45) is 1.54. The second-order valence-electron chi connectivity index (χ2n) is 6.03. The summed E-state index contributed by atoms with van der Waals surface area (Å²) in [6.45, 7) is 2.68. The van der Waals surface area contributed by atoms with Gasteiger partial charge in [-0.1, -0.05) is 39.3 Å². The maximum Gasteiger partial charge on any atom is 0.250 e. The van der Waals surface area contributed by atoms with Gasteiger partial charge in [-0.25, -0.2) is 5.43 Å². The van der Waals surface area contributed by atoms with Gasteiger partial charge in [-0.2, -0.15) is 5.10 Å². The van der Waals surface area contributed by atoms with Gasteiger partial charge in [-0.05, 0) is 49.4 Å². The first kappa shape index (κ1) is 22.3. The van der Waals surface area contributed by atoms with Crippen LogP contribution in [0.15, 0.2) is 57.2 Å². The molecule has 0 aliphatic heterocycles. The van der Waals surface area contributed by atoms with Crippen LogP contribution >= 0.6 is 39.3 Å². The molecule has 0 atom stereocenters. The van der Waals surface area contributed by atoms with E-state index in [0.29, 0.717) is 22.5 Å².